The van der Waals surface area contributed by atoms with Gasteiger partial charge in [-0.25, -0.2) is 4.79 Å². The third-order valence-corrected chi connectivity index (χ3v) is 6.72. The fraction of sp³-hybridized carbons (Fsp3) is 0.241. The normalized spacial score (nSPS) is 10.8. The quantitative estimate of drug-likeness (QED) is 0.163. The van der Waals surface area contributed by atoms with Gasteiger partial charge in [0.05, 0.1) is 47.3 Å². The van der Waals surface area contributed by atoms with E-state index in [4.69, 9.17) is 32.7 Å². The molecule has 208 valence electrons. The Morgan fingerprint density at radius 1 is 0.925 bits per heavy atom. The van der Waals surface area contributed by atoms with Gasteiger partial charge in [0.25, 0.3) is 0 Å². The molecule has 0 spiro atoms. The second kappa shape index (κ2) is 13.3. The molecular formula is C29H27Cl2N3O6. The zero-order chi connectivity index (χ0) is 28.6. The van der Waals surface area contributed by atoms with Crippen LogP contribution in [0.2, 0.25) is 10.0 Å². The largest absolute Gasteiger partial charge is 0.497 e. The van der Waals surface area contributed by atoms with Gasteiger partial charge in [-0.3, -0.25) is 14.3 Å². The van der Waals surface area contributed by atoms with Crippen LogP contribution in [0.3, 0.4) is 0 Å². The summed E-state index contributed by atoms with van der Waals surface area (Å²) < 4.78 is 17.3. The number of esters is 2. The Bertz CT molecular complexity index is 1530. The molecule has 1 amide bonds. The number of benzene rings is 3. The van der Waals surface area contributed by atoms with E-state index in [1.807, 2.05) is 24.3 Å². The summed E-state index contributed by atoms with van der Waals surface area (Å²) in [6, 6.07) is 17.5. The summed E-state index contributed by atoms with van der Waals surface area (Å²) in [5, 5.41) is 8.34. The number of halogens is 2. The van der Waals surface area contributed by atoms with Crippen LogP contribution in [0.4, 0.5) is 5.69 Å². The van der Waals surface area contributed by atoms with Crippen molar-refractivity contribution in [1.82, 2.24) is 9.78 Å². The van der Waals surface area contributed by atoms with Crippen LogP contribution >= 0.6 is 23.2 Å². The number of rotatable bonds is 11. The second-order valence-corrected chi connectivity index (χ2v) is 9.68. The van der Waals surface area contributed by atoms with Gasteiger partial charge in [0, 0.05) is 18.5 Å². The second-order valence-electron chi connectivity index (χ2n) is 8.86. The Balaban J connectivity index is 1.52. The van der Waals surface area contributed by atoms with E-state index < -0.39 is 5.97 Å². The van der Waals surface area contributed by atoms with Gasteiger partial charge in [0.1, 0.15) is 5.75 Å². The van der Waals surface area contributed by atoms with Gasteiger partial charge >= 0.3 is 11.9 Å². The van der Waals surface area contributed by atoms with Crippen molar-refractivity contribution < 1.29 is 28.6 Å². The minimum atomic E-state index is -0.735. The lowest BCUT2D eigenvalue weighted by Crippen LogP contribution is -2.12. The average molecular weight is 584 g/mol. The van der Waals surface area contributed by atoms with E-state index in [0.717, 1.165) is 5.56 Å². The highest BCUT2D eigenvalue weighted by Gasteiger charge is 2.21. The molecule has 9 nitrogen and oxygen atoms in total. The third kappa shape index (κ3) is 7.11. The van der Waals surface area contributed by atoms with Crippen LogP contribution in [0.5, 0.6) is 11.6 Å². The molecule has 0 aliphatic rings. The van der Waals surface area contributed by atoms with Crippen LogP contribution in [-0.2, 0) is 20.9 Å². The number of ether oxygens (including phenoxy) is 3. The zero-order valence-corrected chi connectivity index (χ0v) is 23.4. The number of aromatic nitrogens is 2. The number of carbonyl (C=O) groups excluding carboxylic acids is 3. The summed E-state index contributed by atoms with van der Waals surface area (Å²) in [4.78, 5) is 36.6. The molecule has 0 aliphatic heterocycles. The van der Waals surface area contributed by atoms with Gasteiger partial charge in [-0.1, -0.05) is 41.4 Å². The van der Waals surface area contributed by atoms with Crippen LogP contribution in [0, 0.1) is 0 Å². The molecular weight excluding hydrogens is 557 g/mol. The fourth-order valence-corrected chi connectivity index (χ4v) is 4.64. The van der Waals surface area contributed by atoms with Gasteiger partial charge in [-0.15, -0.1) is 5.10 Å². The van der Waals surface area contributed by atoms with Crippen molar-refractivity contribution in [3.63, 3.8) is 0 Å². The van der Waals surface area contributed by atoms with Crippen molar-refractivity contribution in [2.45, 2.75) is 32.2 Å². The van der Waals surface area contributed by atoms with Crippen LogP contribution in [0.25, 0.3) is 10.9 Å². The minimum absolute atomic E-state index is 0.0465. The summed E-state index contributed by atoms with van der Waals surface area (Å²) in [5.74, 6) is -0.529. The number of carbonyl (C=O) groups is 3. The topological polar surface area (TPSA) is 109 Å². The molecule has 0 saturated carbocycles. The highest BCUT2D eigenvalue weighted by molar-refractivity contribution is 6.39. The van der Waals surface area contributed by atoms with Crippen molar-refractivity contribution in [2.24, 2.45) is 0 Å². The first kappa shape index (κ1) is 28.9. The van der Waals surface area contributed by atoms with Crippen LogP contribution in [0.1, 0.15) is 41.6 Å². The van der Waals surface area contributed by atoms with Gasteiger partial charge in [0.15, 0.2) is 0 Å². The molecule has 0 atom stereocenters. The maximum Gasteiger partial charge on any atom is 0.347 e. The third-order valence-electron chi connectivity index (χ3n) is 6.09. The maximum atomic E-state index is 13.0. The van der Waals surface area contributed by atoms with E-state index >= 15 is 0 Å². The van der Waals surface area contributed by atoms with E-state index in [0.29, 0.717) is 41.7 Å². The molecule has 11 heteroatoms. The first-order valence-corrected chi connectivity index (χ1v) is 13.2. The van der Waals surface area contributed by atoms with Crippen molar-refractivity contribution in [1.29, 1.82) is 0 Å². The summed E-state index contributed by atoms with van der Waals surface area (Å²) in [6.07, 6.45) is 1.72. The molecule has 40 heavy (non-hydrogen) atoms. The van der Waals surface area contributed by atoms with E-state index in [9.17, 15) is 14.4 Å². The van der Waals surface area contributed by atoms with Gasteiger partial charge in [-0.05, 0) is 60.9 Å². The molecule has 0 radical (unpaired) electrons. The van der Waals surface area contributed by atoms with Crippen molar-refractivity contribution in [2.75, 3.05) is 19.5 Å². The molecule has 1 aromatic heterocycles. The van der Waals surface area contributed by atoms with E-state index in [1.54, 1.807) is 48.2 Å². The van der Waals surface area contributed by atoms with Crippen LogP contribution in [-0.4, -0.2) is 41.8 Å². The van der Waals surface area contributed by atoms with E-state index in [2.05, 4.69) is 15.2 Å². The van der Waals surface area contributed by atoms with Crippen molar-refractivity contribution >= 4 is 57.6 Å². The molecule has 0 saturated heterocycles. The number of amides is 1. The average Bonchev–Trinajstić information content (AvgIpc) is 3.26. The molecule has 0 fully saturated rings. The summed E-state index contributed by atoms with van der Waals surface area (Å²) in [6.45, 7) is 0.329. The number of nitrogens with one attached hydrogen (secondary N) is 1. The summed E-state index contributed by atoms with van der Waals surface area (Å²) >= 11 is 12.4. The number of unbranched alkanes of at least 4 members (excludes halogenated alkanes) is 1. The van der Waals surface area contributed by atoms with Gasteiger partial charge in [-0.2, -0.15) is 0 Å². The Morgan fingerprint density at radius 3 is 2.38 bits per heavy atom. The Labute approximate surface area is 240 Å². The standard InChI is InChI=1S/C29H27Cl2N3O6/c1-38-20-13-14-24-21(16-20)28(40-29(37)27-22(30)9-6-10-23(27)31)33-34(24)17-18-7-5-8-19(15-18)32-25(35)11-3-4-12-26(36)39-2/h5-10,13-16H,3-4,11-12,17H2,1-2H3,(H,32,35). The summed E-state index contributed by atoms with van der Waals surface area (Å²) in [7, 11) is 2.88. The molecule has 0 unspecified atom stereocenters. The monoisotopic (exact) mass is 583 g/mol. The van der Waals surface area contributed by atoms with Crippen molar-refractivity contribution in [3.8, 4) is 11.6 Å². The van der Waals surface area contributed by atoms with E-state index in [1.165, 1.54) is 7.11 Å². The molecule has 4 rings (SSSR count). The molecule has 4 aromatic rings. The smallest absolute Gasteiger partial charge is 0.347 e. The number of anilines is 1. The highest BCUT2D eigenvalue weighted by Crippen LogP contribution is 2.32. The Hall–Kier alpha value is -4.08. The zero-order valence-electron chi connectivity index (χ0n) is 21.9. The predicted octanol–water partition coefficient (Wildman–Crippen LogP) is 6.29. The van der Waals surface area contributed by atoms with Crippen LogP contribution < -0.4 is 14.8 Å². The molecule has 1 N–H and O–H groups in total. The number of methoxy groups -OCH3 is 2. The lowest BCUT2D eigenvalue weighted by atomic mass is 10.1. The number of nitrogens with zero attached hydrogens (tertiary/aromatic N) is 2. The SMILES string of the molecule is COC(=O)CCCCC(=O)Nc1cccc(Cn2nc(OC(=O)c3c(Cl)cccc3Cl)c3cc(OC)ccc32)c1. The minimum Gasteiger partial charge on any atom is -0.497 e. The first-order valence-electron chi connectivity index (χ1n) is 12.5. The van der Waals surface area contributed by atoms with E-state index in [-0.39, 0.29) is 46.2 Å². The molecule has 1 heterocycles. The highest BCUT2D eigenvalue weighted by atomic mass is 35.5. The Morgan fingerprint density at radius 2 is 1.65 bits per heavy atom. The predicted molar refractivity (Wildman–Crippen MR) is 152 cm³/mol. The molecule has 0 aliphatic carbocycles. The van der Waals surface area contributed by atoms with Gasteiger partial charge < -0.3 is 19.5 Å². The van der Waals surface area contributed by atoms with Crippen molar-refractivity contribution in [3.05, 3.63) is 81.8 Å². The number of fused-ring (bicyclic) bond motifs is 1. The molecule has 3 aromatic carbocycles. The lowest BCUT2D eigenvalue weighted by Gasteiger charge is -2.09. The number of hydrogen-bond donors (Lipinski definition) is 1. The maximum absolute atomic E-state index is 13.0. The fourth-order valence-electron chi connectivity index (χ4n) is 4.08. The Kier molecular flexibility index (Phi) is 9.63. The molecule has 0 bridgehead atoms. The summed E-state index contributed by atoms with van der Waals surface area (Å²) in [5.41, 5.74) is 2.24. The number of hydrogen-bond acceptors (Lipinski definition) is 7. The lowest BCUT2D eigenvalue weighted by molar-refractivity contribution is -0.140. The van der Waals surface area contributed by atoms with Gasteiger partial charge in [0.2, 0.25) is 11.8 Å². The van der Waals surface area contributed by atoms with Crippen LogP contribution in [0.15, 0.2) is 60.7 Å². The first-order chi connectivity index (χ1) is 19.3.